The fraction of sp³-hybridized carbons (Fsp3) is 0.533. The van der Waals surface area contributed by atoms with Gasteiger partial charge in [0.25, 0.3) is 0 Å². The molecular formula is C15H20BrClN2O. The van der Waals surface area contributed by atoms with Crippen LogP contribution >= 0.6 is 27.5 Å². The van der Waals surface area contributed by atoms with Crippen LogP contribution in [-0.2, 0) is 4.79 Å². The molecule has 3 N–H and O–H groups in total. The van der Waals surface area contributed by atoms with E-state index in [1.165, 1.54) is 25.7 Å². The second kappa shape index (κ2) is 7.43. The molecule has 1 aromatic carbocycles. The van der Waals surface area contributed by atoms with Gasteiger partial charge in [0.15, 0.2) is 0 Å². The summed E-state index contributed by atoms with van der Waals surface area (Å²) in [7, 11) is 0. The maximum Gasteiger partial charge on any atom is 0.239 e. The molecule has 0 heterocycles. The van der Waals surface area contributed by atoms with Crippen molar-refractivity contribution in [1.29, 1.82) is 0 Å². The zero-order valence-electron chi connectivity index (χ0n) is 11.4. The topological polar surface area (TPSA) is 55.1 Å². The summed E-state index contributed by atoms with van der Waals surface area (Å²) in [6.45, 7) is 0. The molecule has 0 spiro atoms. The predicted octanol–water partition coefficient (Wildman–Crippen LogP) is 3.94. The van der Waals surface area contributed by atoms with E-state index in [4.69, 9.17) is 17.3 Å². The Hall–Kier alpha value is -0.580. The minimum absolute atomic E-state index is 0.354. The van der Waals surface area contributed by atoms with Crippen LogP contribution in [0.3, 0.4) is 0 Å². The van der Waals surface area contributed by atoms with Gasteiger partial charge in [-0.1, -0.05) is 43.4 Å². The van der Waals surface area contributed by atoms with Crippen LogP contribution in [0.1, 0.15) is 50.1 Å². The molecule has 20 heavy (non-hydrogen) atoms. The van der Waals surface area contributed by atoms with Crippen LogP contribution in [0.4, 0.5) is 0 Å². The van der Waals surface area contributed by atoms with Crippen LogP contribution in [-0.4, -0.2) is 11.9 Å². The molecule has 2 rings (SSSR count). The first-order valence-electron chi connectivity index (χ1n) is 7.08. The standard InChI is InChI=1S/C15H20BrClN2O/c16-12-8-7-10(9-13(12)17)14(15(18)20)19-11-5-3-1-2-4-6-11/h7-9,11,14,19H,1-6H2,(H2,18,20). The molecule has 0 aliphatic heterocycles. The van der Waals surface area contributed by atoms with Gasteiger partial charge in [-0.25, -0.2) is 0 Å². The Morgan fingerprint density at radius 3 is 2.50 bits per heavy atom. The summed E-state index contributed by atoms with van der Waals surface area (Å²) < 4.78 is 0.820. The number of hydrogen-bond donors (Lipinski definition) is 2. The number of halogens is 2. The molecule has 1 saturated carbocycles. The van der Waals surface area contributed by atoms with Gasteiger partial charge < -0.3 is 5.73 Å². The number of hydrogen-bond acceptors (Lipinski definition) is 2. The van der Waals surface area contributed by atoms with Gasteiger partial charge in [0.05, 0.1) is 5.02 Å². The van der Waals surface area contributed by atoms with Gasteiger partial charge >= 0.3 is 0 Å². The first kappa shape index (κ1) is 15.8. The lowest BCUT2D eigenvalue weighted by molar-refractivity contribution is -0.120. The first-order valence-corrected chi connectivity index (χ1v) is 8.25. The highest BCUT2D eigenvalue weighted by Crippen LogP contribution is 2.27. The number of nitrogens with two attached hydrogens (primary N) is 1. The summed E-state index contributed by atoms with van der Waals surface area (Å²) in [5, 5.41) is 4.00. The van der Waals surface area contributed by atoms with Crippen LogP contribution in [0.15, 0.2) is 22.7 Å². The third-order valence-corrected chi connectivity index (χ3v) is 5.05. The minimum Gasteiger partial charge on any atom is -0.368 e. The second-order valence-electron chi connectivity index (χ2n) is 5.36. The molecule has 1 unspecified atom stereocenters. The Bertz CT molecular complexity index is 473. The molecule has 5 heteroatoms. The summed E-state index contributed by atoms with van der Waals surface area (Å²) in [4.78, 5) is 11.8. The molecule has 1 atom stereocenters. The van der Waals surface area contributed by atoms with Gasteiger partial charge in [-0.2, -0.15) is 0 Å². The smallest absolute Gasteiger partial charge is 0.239 e. The summed E-state index contributed by atoms with van der Waals surface area (Å²) in [6, 6.07) is 5.42. The molecule has 0 saturated heterocycles. The van der Waals surface area contributed by atoms with Crippen molar-refractivity contribution in [3.05, 3.63) is 33.3 Å². The van der Waals surface area contributed by atoms with Gasteiger partial charge in [-0.05, 0) is 46.5 Å². The summed E-state index contributed by atoms with van der Waals surface area (Å²) in [5.41, 5.74) is 6.39. The van der Waals surface area contributed by atoms with Crippen molar-refractivity contribution in [1.82, 2.24) is 5.32 Å². The van der Waals surface area contributed by atoms with Crippen LogP contribution in [0.5, 0.6) is 0 Å². The van der Waals surface area contributed by atoms with Gasteiger partial charge in [0, 0.05) is 10.5 Å². The van der Waals surface area contributed by atoms with E-state index in [1.54, 1.807) is 6.07 Å². The number of benzene rings is 1. The van der Waals surface area contributed by atoms with Crippen LogP contribution in [0, 0.1) is 0 Å². The van der Waals surface area contributed by atoms with E-state index in [0.29, 0.717) is 11.1 Å². The van der Waals surface area contributed by atoms with E-state index in [2.05, 4.69) is 21.2 Å². The molecule has 110 valence electrons. The van der Waals surface area contributed by atoms with Gasteiger partial charge in [0.2, 0.25) is 5.91 Å². The van der Waals surface area contributed by atoms with Crippen molar-refractivity contribution in [3.63, 3.8) is 0 Å². The highest BCUT2D eigenvalue weighted by molar-refractivity contribution is 9.10. The molecular weight excluding hydrogens is 340 g/mol. The van der Waals surface area contributed by atoms with E-state index >= 15 is 0 Å². The normalized spacial score (nSPS) is 18.5. The van der Waals surface area contributed by atoms with Gasteiger partial charge in [0.1, 0.15) is 6.04 Å². The molecule has 0 bridgehead atoms. The van der Waals surface area contributed by atoms with E-state index < -0.39 is 6.04 Å². The third-order valence-electron chi connectivity index (χ3n) is 3.82. The molecule has 3 nitrogen and oxygen atoms in total. The van der Waals surface area contributed by atoms with Crippen LogP contribution in [0.25, 0.3) is 0 Å². The lowest BCUT2D eigenvalue weighted by atomic mass is 10.0. The molecule has 1 aliphatic carbocycles. The molecule has 0 radical (unpaired) electrons. The summed E-state index contributed by atoms with van der Waals surface area (Å²) >= 11 is 9.46. The van der Waals surface area contributed by atoms with Crippen molar-refractivity contribution in [3.8, 4) is 0 Å². The van der Waals surface area contributed by atoms with E-state index in [0.717, 1.165) is 22.9 Å². The number of carbonyl (C=O) groups excluding carboxylic acids is 1. The van der Waals surface area contributed by atoms with Crippen molar-refractivity contribution < 1.29 is 4.79 Å². The summed E-state index contributed by atoms with van der Waals surface area (Å²) in [5.74, 6) is -0.354. The highest BCUT2D eigenvalue weighted by Gasteiger charge is 2.23. The average molecular weight is 360 g/mol. The fourth-order valence-electron chi connectivity index (χ4n) is 2.72. The first-order chi connectivity index (χ1) is 9.58. The SMILES string of the molecule is NC(=O)C(NC1CCCCCC1)c1ccc(Br)c(Cl)c1. The van der Waals surface area contributed by atoms with Crippen molar-refractivity contribution in [2.45, 2.75) is 50.6 Å². The van der Waals surface area contributed by atoms with Crippen molar-refractivity contribution in [2.24, 2.45) is 5.73 Å². The second-order valence-corrected chi connectivity index (χ2v) is 6.63. The monoisotopic (exact) mass is 358 g/mol. The number of primary amides is 1. The Balaban J connectivity index is 2.13. The maximum atomic E-state index is 11.8. The number of nitrogens with one attached hydrogen (secondary N) is 1. The zero-order chi connectivity index (χ0) is 14.5. The quantitative estimate of drug-likeness (QED) is 0.800. The Kier molecular flexibility index (Phi) is 5.87. The summed E-state index contributed by atoms with van der Waals surface area (Å²) in [6.07, 6.45) is 7.20. The van der Waals surface area contributed by atoms with Gasteiger partial charge in [-0.3, -0.25) is 10.1 Å². The van der Waals surface area contributed by atoms with Crippen molar-refractivity contribution >= 4 is 33.4 Å². The average Bonchev–Trinajstić information content (AvgIpc) is 2.67. The van der Waals surface area contributed by atoms with Crippen LogP contribution < -0.4 is 11.1 Å². The Morgan fingerprint density at radius 1 is 1.30 bits per heavy atom. The lowest BCUT2D eigenvalue weighted by Gasteiger charge is -2.23. The minimum atomic E-state index is -0.469. The molecule has 1 amide bonds. The van der Waals surface area contributed by atoms with Gasteiger partial charge in [-0.15, -0.1) is 0 Å². The fourth-order valence-corrected chi connectivity index (χ4v) is 3.15. The van der Waals surface area contributed by atoms with E-state index in [-0.39, 0.29) is 5.91 Å². The largest absolute Gasteiger partial charge is 0.368 e. The van der Waals surface area contributed by atoms with Crippen LogP contribution in [0.2, 0.25) is 5.02 Å². The Morgan fingerprint density at radius 2 is 1.95 bits per heavy atom. The molecule has 0 aromatic heterocycles. The maximum absolute atomic E-state index is 11.8. The number of amides is 1. The molecule has 1 aliphatic rings. The number of carbonyl (C=O) groups is 1. The van der Waals surface area contributed by atoms with Crippen molar-refractivity contribution in [2.75, 3.05) is 0 Å². The highest BCUT2D eigenvalue weighted by atomic mass is 79.9. The third kappa shape index (κ3) is 4.21. The predicted molar refractivity (Wildman–Crippen MR) is 85.7 cm³/mol. The number of rotatable bonds is 4. The zero-order valence-corrected chi connectivity index (χ0v) is 13.7. The molecule has 1 fully saturated rings. The van der Waals surface area contributed by atoms with E-state index in [1.807, 2.05) is 12.1 Å². The molecule has 1 aromatic rings. The Labute approximate surface area is 133 Å². The lowest BCUT2D eigenvalue weighted by Crippen LogP contribution is -2.39. The van der Waals surface area contributed by atoms with E-state index in [9.17, 15) is 4.79 Å².